The van der Waals surface area contributed by atoms with Gasteiger partial charge in [-0.25, -0.2) is 8.42 Å². The highest BCUT2D eigenvalue weighted by atomic mass is 35.5. The number of phenolic OH excluding ortho intramolecular Hbond substituents is 1. The van der Waals surface area contributed by atoms with E-state index in [0.717, 1.165) is 25.7 Å². The van der Waals surface area contributed by atoms with E-state index in [1.165, 1.54) is 18.2 Å². The van der Waals surface area contributed by atoms with Gasteiger partial charge in [0.25, 0.3) is 10.0 Å². The van der Waals surface area contributed by atoms with Gasteiger partial charge in [-0.05, 0) is 31.0 Å². The van der Waals surface area contributed by atoms with Gasteiger partial charge in [-0.15, -0.1) is 0 Å². The molecular weight excluding hydrogens is 374 g/mol. The number of hydrogen-bond donors (Lipinski definition) is 2. The zero-order valence-electron chi connectivity index (χ0n) is 15.2. The summed E-state index contributed by atoms with van der Waals surface area (Å²) in [5.41, 5.74) is 0.119. The molecule has 0 amide bonds. The van der Waals surface area contributed by atoms with E-state index < -0.39 is 15.4 Å². The molecule has 0 atom stereocenters. The van der Waals surface area contributed by atoms with Crippen LogP contribution in [0.2, 0.25) is 5.02 Å². The molecule has 1 aliphatic rings. The number of aromatic nitrogens is 2. The number of sulfonamides is 1. The van der Waals surface area contributed by atoms with Crippen LogP contribution in [0.25, 0.3) is 0 Å². The molecule has 1 aromatic heterocycles. The van der Waals surface area contributed by atoms with Crippen LogP contribution in [0.3, 0.4) is 0 Å². The largest absolute Gasteiger partial charge is 0.506 e. The van der Waals surface area contributed by atoms with Gasteiger partial charge in [-0.2, -0.15) is 5.10 Å². The number of hydrogen-bond acceptors (Lipinski definition) is 4. The fourth-order valence-electron chi connectivity index (χ4n) is 3.24. The van der Waals surface area contributed by atoms with E-state index in [4.69, 9.17) is 11.6 Å². The average molecular weight is 398 g/mol. The first-order chi connectivity index (χ1) is 12.1. The van der Waals surface area contributed by atoms with Crippen molar-refractivity contribution in [3.05, 3.63) is 35.1 Å². The first-order valence-electron chi connectivity index (χ1n) is 8.69. The molecule has 26 heavy (non-hydrogen) atoms. The Balaban J connectivity index is 2.04. The normalized spacial score (nSPS) is 16.2. The van der Waals surface area contributed by atoms with Gasteiger partial charge in [0, 0.05) is 16.6 Å². The molecule has 0 bridgehead atoms. The molecule has 0 aliphatic heterocycles. The number of nitrogens with zero attached hydrogens (tertiary/aromatic N) is 2. The molecular formula is C18H24ClN3O3S. The molecule has 1 fully saturated rings. The van der Waals surface area contributed by atoms with Gasteiger partial charge < -0.3 is 5.11 Å². The summed E-state index contributed by atoms with van der Waals surface area (Å²) in [5.74, 6) is -0.182. The van der Waals surface area contributed by atoms with Gasteiger partial charge in [-0.1, -0.05) is 45.2 Å². The zero-order chi connectivity index (χ0) is 19.1. The van der Waals surface area contributed by atoms with Crippen LogP contribution >= 0.6 is 11.6 Å². The van der Waals surface area contributed by atoms with Crippen molar-refractivity contribution in [1.82, 2.24) is 9.78 Å². The highest BCUT2D eigenvalue weighted by Gasteiger charge is 2.32. The van der Waals surface area contributed by atoms with Crippen LogP contribution < -0.4 is 4.72 Å². The Hall–Kier alpha value is -1.73. The lowest BCUT2D eigenvalue weighted by molar-refractivity contribution is 0.448. The van der Waals surface area contributed by atoms with Gasteiger partial charge in [0.2, 0.25) is 0 Å². The summed E-state index contributed by atoms with van der Waals surface area (Å²) >= 11 is 5.92. The molecule has 3 rings (SSSR count). The summed E-state index contributed by atoms with van der Waals surface area (Å²) in [5, 5.41) is 14.9. The fraction of sp³-hybridized carbons (Fsp3) is 0.500. The predicted octanol–water partition coefficient (Wildman–Crippen LogP) is 4.46. The Kier molecular flexibility index (Phi) is 4.96. The van der Waals surface area contributed by atoms with Gasteiger partial charge in [-0.3, -0.25) is 9.40 Å². The molecule has 1 aromatic carbocycles. The summed E-state index contributed by atoms with van der Waals surface area (Å²) in [4.78, 5) is 0.135. The SMILES string of the molecule is CC(C)(C)c1nn(C2CCCC2)cc1S(=O)(=O)Nc1cc(Cl)ccc1O. The number of halogens is 1. The molecule has 2 aromatic rings. The lowest BCUT2D eigenvalue weighted by Crippen LogP contribution is -2.20. The molecule has 0 saturated heterocycles. The number of anilines is 1. The highest BCUT2D eigenvalue weighted by Crippen LogP contribution is 2.35. The average Bonchev–Trinajstić information content (AvgIpc) is 3.18. The van der Waals surface area contributed by atoms with E-state index in [1.54, 1.807) is 10.9 Å². The van der Waals surface area contributed by atoms with Gasteiger partial charge in [0.05, 0.1) is 17.4 Å². The maximum atomic E-state index is 13.0. The number of rotatable bonds is 4. The van der Waals surface area contributed by atoms with E-state index >= 15 is 0 Å². The lowest BCUT2D eigenvalue weighted by atomic mass is 9.92. The third kappa shape index (κ3) is 3.83. The molecule has 2 N–H and O–H groups in total. The standard InChI is InChI=1S/C18H24ClN3O3S/c1-18(2,3)17-16(11-22(20-17)13-6-4-5-7-13)26(24,25)21-14-10-12(19)8-9-15(14)23/h8-11,13,21,23H,4-7H2,1-3H3. The fourth-order valence-corrected chi connectivity index (χ4v) is 4.82. The molecule has 0 unspecified atom stereocenters. The van der Waals surface area contributed by atoms with Crippen molar-refractivity contribution < 1.29 is 13.5 Å². The van der Waals surface area contributed by atoms with Crippen molar-refractivity contribution >= 4 is 27.3 Å². The van der Waals surface area contributed by atoms with Crippen molar-refractivity contribution in [2.45, 2.75) is 62.8 Å². The van der Waals surface area contributed by atoms with Crippen molar-refractivity contribution in [3.8, 4) is 5.75 Å². The van der Waals surface area contributed by atoms with Crippen LogP contribution in [0.1, 0.15) is 58.2 Å². The minimum absolute atomic E-state index is 0.0472. The van der Waals surface area contributed by atoms with Gasteiger partial charge in [0.15, 0.2) is 0 Å². The smallest absolute Gasteiger partial charge is 0.265 e. The second-order valence-electron chi connectivity index (χ2n) is 7.78. The maximum absolute atomic E-state index is 13.0. The van der Waals surface area contributed by atoms with E-state index in [2.05, 4.69) is 9.82 Å². The summed E-state index contributed by atoms with van der Waals surface area (Å²) in [6.07, 6.45) is 5.89. The number of aromatic hydroxyl groups is 1. The highest BCUT2D eigenvalue weighted by molar-refractivity contribution is 7.92. The van der Waals surface area contributed by atoms with Crippen molar-refractivity contribution in [1.29, 1.82) is 0 Å². The van der Waals surface area contributed by atoms with Crippen LogP contribution in [0.5, 0.6) is 5.75 Å². The van der Waals surface area contributed by atoms with Crippen molar-refractivity contribution in [2.24, 2.45) is 0 Å². The third-order valence-electron chi connectivity index (χ3n) is 4.60. The molecule has 0 radical (unpaired) electrons. The van der Waals surface area contributed by atoms with Crippen LogP contribution in [0, 0.1) is 0 Å². The lowest BCUT2D eigenvalue weighted by Gasteiger charge is -2.18. The topological polar surface area (TPSA) is 84.2 Å². The summed E-state index contributed by atoms with van der Waals surface area (Å²) in [6, 6.07) is 4.46. The Labute approximate surface area is 159 Å². The van der Waals surface area contributed by atoms with Crippen LogP contribution in [0.4, 0.5) is 5.69 Å². The van der Waals surface area contributed by atoms with E-state index in [-0.39, 0.29) is 22.4 Å². The monoisotopic (exact) mass is 397 g/mol. The Bertz CT molecular complexity index is 910. The number of phenols is 1. The summed E-state index contributed by atoms with van der Waals surface area (Å²) in [7, 11) is -3.93. The number of nitrogens with one attached hydrogen (secondary N) is 1. The molecule has 142 valence electrons. The first-order valence-corrected chi connectivity index (χ1v) is 10.5. The second-order valence-corrected chi connectivity index (χ2v) is 9.86. The predicted molar refractivity (Wildman–Crippen MR) is 102 cm³/mol. The molecule has 1 heterocycles. The van der Waals surface area contributed by atoms with E-state index in [0.29, 0.717) is 10.7 Å². The van der Waals surface area contributed by atoms with Gasteiger partial charge in [0.1, 0.15) is 10.6 Å². The molecule has 0 spiro atoms. The van der Waals surface area contributed by atoms with Crippen LogP contribution in [-0.2, 0) is 15.4 Å². The maximum Gasteiger partial charge on any atom is 0.265 e. The van der Waals surface area contributed by atoms with Gasteiger partial charge >= 0.3 is 0 Å². The third-order valence-corrected chi connectivity index (χ3v) is 6.20. The summed E-state index contributed by atoms with van der Waals surface area (Å²) in [6.45, 7) is 5.80. The minimum Gasteiger partial charge on any atom is -0.506 e. The Morgan fingerprint density at radius 1 is 1.27 bits per heavy atom. The summed E-state index contributed by atoms with van der Waals surface area (Å²) < 4.78 is 30.3. The van der Waals surface area contributed by atoms with Crippen molar-refractivity contribution in [3.63, 3.8) is 0 Å². The van der Waals surface area contributed by atoms with E-state index in [1.807, 2.05) is 20.8 Å². The van der Waals surface area contributed by atoms with Crippen LogP contribution in [-0.4, -0.2) is 23.3 Å². The van der Waals surface area contributed by atoms with E-state index in [9.17, 15) is 13.5 Å². The molecule has 6 nitrogen and oxygen atoms in total. The first kappa shape index (κ1) is 19.0. The quantitative estimate of drug-likeness (QED) is 0.746. The van der Waals surface area contributed by atoms with Crippen molar-refractivity contribution in [2.75, 3.05) is 4.72 Å². The molecule has 8 heteroatoms. The Morgan fingerprint density at radius 2 is 1.92 bits per heavy atom. The Morgan fingerprint density at radius 3 is 2.54 bits per heavy atom. The number of benzene rings is 1. The van der Waals surface area contributed by atoms with Crippen LogP contribution in [0.15, 0.2) is 29.3 Å². The molecule has 1 aliphatic carbocycles. The second kappa shape index (κ2) is 6.78. The zero-order valence-corrected chi connectivity index (χ0v) is 16.7. The minimum atomic E-state index is -3.93. The molecule has 1 saturated carbocycles.